The second kappa shape index (κ2) is 7.88. The van der Waals surface area contributed by atoms with Gasteiger partial charge in [0.25, 0.3) is 0 Å². The molecular weight excluding hydrogens is 350 g/mol. The van der Waals surface area contributed by atoms with Crippen molar-refractivity contribution in [3.8, 4) is 22.3 Å². The van der Waals surface area contributed by atoms with Crippen molar-refractivity contribution in [1.29, 1.82) is 0 Å². The molecule has 0 aliphatic rings. The van der Waals surface area contributed by atoms with Gasteiger partial charge in [0.2, 0.25) is 5.89 Å². The molecule has 0 bridgehead atoms. The van der Waals surface area contributed by atoms with Crippen molar-refractivity contribution >= 4 is 11.3 Å². The number of rotatable bonds is 8. The molecule has 3 aromatic heterocycles. The van der Waals surface area contributed by atoms with Crippen LogP contribution in [0.1, 0.15) is 5.69 Å². The second-order valence-corrected chi connectivity index (χ2v) is 6.48. The Kier molecular flexibility index (Phi) is 4.97. The van der Waals surface area contributed by atoms with Crippen LogP contribution in [0.4, 0.5) is 0 Å². The van der Waals surface area contributed by atoms with E-state index in [1.807, 2.05) is 52.5 Å². The molecule has 0 spiro atoms. The molecule has 0 atom stereocenters. The summed E-state index contributed by atoms with van der Waals surface area (Å²) in [5.41, 5.74) is 0.758. The molecule has 0 saturated heterocycles. The Bertz CT molecular complexity index is 916. The number of hydrogen-bond donors (Lipinski definition) is 0. The van der Waals surface area contributed by atoms with Crippen molar-refractivity contribution in [2.45, 2.75) is 13.2 Å². The lowest BCUT2D eigenvalue weighted by Gasteiger charge is -2.08. The average Bonchev–Trinajstić information content (AvgIpc) is 3.42. The van der Waals surface area contributed by atoms with Crippen molar-refractivity contribution in [3.63, 3.8) is 0 Å². The highest BCUT2D eigenvalue weighted by Gasteiger charge is 2.08. The molecule has 4 aromatic rings. The van der Waals surface area contributed by atoms with E-state index in [-0.39, 0.29) is 0 Å². The molecule has 0 saturated carbocycles. The van der Waals surface area contributed by atoms with E-state index in [0.717, 1.165) is 28.6 Å². The molecule has 0 fully saturated rings. The first-order valence-electron chi connectivity index (χ1n) is 8.16. The summed E-state index contributed by atoms with van der Waals surface area (Å²) in [6.45, 7) is 1.70. The number of benzene rings is 1. The zero-order valence-corrected chi connectivity index (χ0v) is 14.8. The predicted octanol–water partition coefficient (Wildman–Crippen LogP) is 4.26. The minimum Gasteiger partial charge on any atom is -0.492 e. The van der Waals surface area contributed by atoms with Gasteiger partial charge in [0.1, 0.15) is 36.7 Å². The lowest BCUT2D eigenvalue weighted by molar-refractivity contribution is 0.291. The molecule has 0 aliphatic heterocycles. The van der Waals surface area contributed by atoms with Gasteiger partial charge in [0.15, 0.2) is 0 Å². The highest BCUT2D eigenvalue weighted by atomic mass is 32.1. The standard InChI is InChI=1S/C19H17N3O3S/c1-2-18(26-11-1)19-21-15(13-25-19)12-24-17-5-3-16(4-6-17)23-10-9-22-8-7-20-14-22/h1-8,11,13-14H,9-10,12H2. The SMILES string of the molecule is c1csc(-c2nc(COc3ccc(OCCn4ccnc4)cc3)co2)c1. The third kappa shape index (κ3) is 4.12. The molecule has 4 rings (SSSR count). The van der Waals surface area contributed by atoms with Gasteiger partial charge in [0, 0.05) is 12.4 Å². The molecule has 132 valence electrons. The smallest absolute Gasteiger partial charge is 0.236 e. The minimum atomic E-state index is 0.357. The van der Waals surface area contributed by atoms with Gasteiger partial charge in [-0.3, -0.25) is 0 Å². The van der Waals surface area contributed by atoms with Gasteiger partial charge in [-0.1, -0.05) is 6.07 Å². The summed E-state index contributed by atoms with van der Waals surface area (Å²) in [6, 6.07) is 11.5. The van der Waals surface area contributed by atoms with E-state index in [1.165, 1.54) is 0 Å². The molecule has 26 heavy (non-hydrogen) atoms. The quantitative estimate of drug-likeness (QED) is 0.466. The van der Waals surface area contributed by atoms with Crippen LogP contribution in [0.15, 0.2) is 71.2 Å². The first kappa shape index (κ1) is 16.4. The Balaban J connectivity index is 1.26. The number of imidazole rings is 1. The number of aromatic nitrogens is 3. The van der Waals surface area contributed by atoms with Gasteiger partial charge < -0.3 is 18.5 Å². The van der Waals surface area contributed by atoms with Crippen molar-refractivity contribution in [3.05, 3.63) is 72.5 Å². The topological polar surface area (TPSA) is 62.3 Å². The normalized spacial score (nSPS) is 10.8. The van der Waals surface area contributed by atoms with E-state index in [9.17, 15) is 0 Å². The van der Waals surface area contributed by atoms with Crippen LogP contribution in [0.3, 0.4) is 0 Å². The van der Waals surface area contributed by atoms with Crippen LogP contribution >= 0.6 is 11.3 Å². The molecule has 0 N–H and O–H groups in total. The highest BCUT2D eigenvalue weighted by Crippen LogP contribution is 2.24. The van der Waals surface area contributed by atoms with Gasteiger partial charge in [0.05, 0.1) is 17.7 Å². The molecule has 0 radical (unpaired) electrons. The monoisotopic (exact) mass is 367 g/mol. The zero-order chi connectivity index (χ0) is 17.6. The van der Waals surface area contributed by atoms with Gasteiger partial charge in [-0.15, -0.1) is 11.3 Å². The summed E-state index contributed by atoms with van der Waals surface area (Å²) in [5.74, 6) is 2.19. The Morgan fingerprint density at radius 2 is 1.92 bits per heavy atom. The summed E-state index contributed by atoms with van der Waals surface area (Å²) in [5, 5.41) is 1.99. The molecule has 1 aromatic carbocycles. The van der Waals surface area contributed by atoms with Crippen molar-refractivity contribution in [2.75, 3.05) is 6.61 Å². The number of hydrogen-bond acceptors (Lipinski definition) is 6. The highest BCUT2D eigenvalue weighted by molar-refractivity contribution is 7.13. The van der Waals surface area contributed by atoms with Gasteiger partial charge in [-0.2, -0.15) is 0 Å². The number of thiophene rings is 1. The van der Waals surface area contributed by atoms with E-state index < -0.39 is 0 Å². The van der Waals surface area contributed by atoms with Gasteiger partial charge in [-0.25, -0.2) is 9.97 Å². The molecule has 3 heterocycles. The third-order valence-corrected chi connectivity index (χ3v) is 4.53. The summed E-state index contributed by atoms with van der Waals surface area (Å²) in [6.07, 6.45) is 7.06. The molecule has 0 amide bonds. The fourth-order valence-electron chi connectivity index (χ4n) is 2.36. The first-order valence-corrected chi connectivity index (χ1v) is 9.04. The summed E-state index contributed by atoms with van der Waals surface area (Å²) in [4.78, 5) is 9.45. The Labute approximate surface area is 154 Å². The molecule has 0 unspecified atom stereocenters. The lowest BCUT2D eigenvalue weighted by Crippen LogP contribution is -2.06. The fraction of sp³-hybridized carbons (Fsp3) is 0.158. The second-order valence-electron chi connectivity index (χ2n) is 5.53. The largest absolute Gasteiger partial charge is 0.492 e. The van der Waals surface area contributed by atoms with Crippen molar-refractivity contribution in [2.24, 2.45) is 0 Å². The van der Waals surface area contributed by atoms with Crippen molar-refractivity contribution in [1.82, 2.24) is 14.5 Å². The minimum absolute atomic E-state index is 0.357. The van der Waals surface area contributed by atoms with E-state index >= 15 is 0 Å². The van der Waals surface area contributed by atoms with Crippen LogP contribution in [0.2, 0.25) is 0 Å². The maximum Gasteiger partial charge on any atom is 0.236 e. The predicted molar refractivity (Wildman–Crippen MR) is 98.3 cm³/mol. The molecule has 7 heteroatoms. The van der Waals surface area contributed by atoms with E-state index in [2.05, 4.69) is 9.97 Å². The summed E-state index contributed by atoms with van der Waals surface area (Å²) in [7, 11) is 0. The molecular formula is C19H17N3O3S. The first-order chi connectivity index (χ1) is 12.9. The molecule has 6 nitrogen and oxygen atoms in total. The van der Waals surface area contributed by atoms with Crippen LogP contribution in [-0.4, -0.2) is 21.1 Å². The van der Waals surface area contributed by atoms with Crippen molar-refractivity contribution < 1.29 is 13.9 Å². The lowest BCUT2D eigenvalue weighted by atomic mass is 10.3. The summed E-state index contributed by atoms with van der Waals surface area (Å²) >= 11 is 1.59. The average molecular weight is 367 g/mol. The van der Waals surface area contributed by atoms with Crippen LogP contribution in [0.25, 0.3) is 10.8 Å². The van der Waals surface area contributed by atoms with Crippen LogP contribution in [-0.2, 0) is 13.2 Å². The van der Waals surface area contributed by atoms with Crippen LogP contribution < -0.4 is 9.47 Å². The third-order valence-electron chi connectivity index (χ3n) is 3.67. The van der Waals surface area contributed by atoms with Gasteiger partial charge in [-0.05, 0) is 35.7 Å². The van der Waals surface area contributed by atoms with E-state index in [1.54, 1.807) is 30.1 Å². The number of nitrogens with zero attached hydrogens (tertiary/aromatic N) is 3. The fourth-order valence-corrected chi connectivity index (χ4v) is 3.02. The van der Waals surface area contributed by atoms with E-state index in [4.69, 9.17) is 13.9 Å². The van der Waals surface area contributed by atoms with Crippen LogP contribution in [0.5, 0.6) is 11.5 Å². The van der Waals surface area contributed by atoms with E-state index in [0.29, 0.717) is 19.1 Å². The maximum absolute atomic E-state index is 5.75. The van der Waals surface area contributed by atoms with Crippen LogP contribution in [0, 0.1) is 0 Å². The van der Waals surface area contributed by atoms with Gasteiger partial charge >= 0.3 is 0 Å². The Morgan fingerprint density at radius 1 is 1.08 bits per heavy atom. The maximum atomic E-state index is 5.75. The Morgan fingerprint density at radius 3 is 2.65 bits per heavy atom. The molecule has 0 aliphatic carbocycles. The number of ether oxygens (including phenoxy) is 2. The Hall–Kier alpha value is -3.06. The zero-order valence-electron chi connectivity index (χ0n) is 13.9. The number of oxazole rings is 1. The summed E-state index contributed by atoms with van der Waals surface area (Å²) < 4.78 is 18.9.